The fourth-order valence-electron chi connectivity index (χ4n) is 1.73. The van der Waals surface area contributed by atoms with Gasteiger partial charge in [-0.15, -0.1) is 0 Å². The number of hydrogen-bond donors (Lipinski definition) is 0. The quantitative estimate of drug-likeness (QED) is 0.554. The van der Waals surface area contributed by atoms with Crippen LogP contribution in [0.5, 0.6) is 0 Å². The largest absolute Gasteiger partial charge is 0.462 e. The standard InChI is InChI=1S/C15H30O2/c1-6-8-9-15(16)17-14(12(3)4)11-10-13(5)7-2/h12-14H,6-11H2,1-5H3. The Balaban J connectivity index is 4.01. The van der Waals surface area contributed by atoms with Crippen LogP contribution in [-0.2, 0) is 9.53 Å². The first-order valence-corrected chi connectivity index (χ1v) is 7.20. The Morgan fingerprint density at radius 1 is 1.12 bits per heavy atom. The van der Waals surface area contributed by atoms with E-state index in [-0.39, 0.29) is 12.1 Å². The molecule has 2 nitrogen and oxygen atoms in total. The molecule has 0 aromatic carbocycles. The van der Waals surface area contributed by atoms with Crippen molar-refractivity contribution in [3.8, 4) is 0 Å². The third-order valence-corrected chi connectivity index (χ3v) is 3.40. The number of rotatable bonds is 9. The van der Waals surface area contributed by atoms with E-state index in [1.54, 1.807) is 0 Å². The van der Waals surface area contributed by atoms with E-state index in [9.17, 15) is 4.79 Å². The van der Waals surface area contributed by atoms with Gasteiger partial charge in [0.25, 0.3) is 0 Å². The molecule has 0 aromatic heterocycles. The van der Waals surface area contributed by atoms with E-state index < -0.39 is 0 Å². The van der Waals surface area contributed by atoms with Crippen LogP contribution in [0.1, 0.15) is 73.1 Å². The molecule has 0 aliphatic rings. The fourth-order valence-corrected chi connectivity index (χ4v) is 1.73. The molecule has 0 bridgehead atoms. The van der Waals surface area contributed by atoms with E-state index in [2.05, 4.69) is 34.6 Å². The number of carbonyl (C=O) groups excluding carboxylic acids is 1. The number of ether oxygens (including phenoxy) is 1. The average molecular weight is 242 g/mol. The molecule has 2 heteroatoms. The molecule has 17 heavy (non-hydrogen) atoms. The van der Waals surface area contributed by atoms with Crippen LogP contribution in [0.15, 0.2) is 0 Å². The molecule has 0 N–H and O–H groups in total. The summed E-state index contributed by atoms with van der Waals surface area (Å²) in [6.07, 6.45) is 6.03. The lowest BCUT2D eigenvalue weighted by Gasteiger charge is -2.22. The zero-order valence-corrected chi connectivity index (χ0v) is 12.3. The normalized spacial score (nSPS) is 14.7. The topological polar surface area (TPSA) is 26.3 Å². The first-order valence-electron chi connectivity index (χ1n) is 7.20. The number of unbranched alkanes of at least 4 members (excludes halogenated alkanes) is 1. The second kappa shape index (κ2) is 9.49. The van der Waals surface area contributed by atoms with Gasteiger partial charge >= 0.3 is 5.97 Å². The average Bonchev–Trinajstić information content (AvgIpc) is 2.30. The minimum absolute atomic E-state index is 0.0188. The van der Waals surface area contributed by atoms with Crippen LogP contribution < -0.4 is 0 Å². The van der Waals surface area contributed by atoms with Crippen LogP contribution in [0.3, 0.4) is 0 Å². The van der Waals surface area contributed by atoms with E-state index in [4.69, 9.17) is 4.74 Å². The van der Waals surface area contributed by atoms with Gasteiger partial charge in [-0.2, -0.15) is 0 Å². The molecular formula is C15H30O2. The minimum atomic E-state index is -0.0188. The number of esters is 1. The van der Waals surface area contributed by atoms with Crippen molar-refractivity contribution >= 4 is 5.97 Å². The molecule has 2 unspecified atom stereocenters. The molecule has 0 rings (SSSR count). The maximum Gasteiger partial charge on any atom is 0.306 e. The summed E-state index contributed by atoms with van der Waals surface area (Å²) in [5.41, 5.74) is 0. The highest BCUT2D eigenvalue weighted by Gasteiger charge is 2.18. The Morgan fingerprint density at radius 3 is 2.24 bits per heavy atom. The van der Waals surface area contributed by atoms with Crippen LogP contribution in [0, 0.1) is 11.8 Å². The van der Waals surface area contributed by atoms with E-state index in [0.29, 0.717) is 12.3 Å². The molecule has 0 radical (unpaired) electrons. The lowest BCUT2D eigenvalue weighted by molar-refractivity contribution is -0.152. The van der Waals surface area contributed by atoms with Gasteiger partial charge in [-0.1, -0.05) is 47.5 Å². The smallest absolute Gasteiger partial charge is 0.306 e. The molecule has 0 heterocycles. The summed E-state index contributed by atoms with van der Waals surface area (Å²) in [5, 5.41) is 0. The molecule has 0 aromatic rings. The first-order chi connectivity index (χ1) is 8.01. The molecule has 0 aliphatic heterocycles. The molecule has 0 amide bonds. The van der Waals surface area contributed by atoms with Gasteiger partial charge in [0.15, 0.2) is 0 Å². The molecule has 0 fully saturated rings. The van der Waals surface area contributed by atoms with Crippen molar-refractivity contribution in [3.05, 3.63) is 0 Å². The Labute approximate surface area is 107 Å². The second-order valence-corrected chi connectivity index (χ2v) is 5.47. The lowest BCUT2D eigenvalue weighted by Crippen LogP contribution is -2.24. The van der Waals surface area contributed by atoms with Gasteiger partial charge in [-0.05, 0) is 31.1 Å². The lowest BCUT2D eigenvalue weighted by atomic mass is 9.95. The van der Waals surface area contributed by atoms with Crippen molar-refractivity contribution in [1.29, 1.82) is 0 Å². The van der Waals surface area contributed by atoms with Gasteiger partial charge in [0, 0.05) is 6.42 Å². The Kier molecular flexibility index (Phi) is 9.20. The molecule has 0 saturated carbocycles. The number of hydrogen-bond acceptors (Lipinski definition) is 2. The van der Waals surface area contributed by atoms with Crippen molar-refractivity contribution in [2.75, 3.05) is 0 Å². The predicted octanol–water partition coefficient (Wildman–Crippen LogP) is 4.57. The highest BCUT2D eigenvalue weighted by Crippen LogP contribution is 2.19. The molecule has 102 valence electrons. The molecule has 0 spiro atoms. The fraction of sp³-hybridized carbons (Fsp3) is 0.933. The highest BCUT2D eigenvalue weighted by atomic mass is 16.5. The summed E-state index contributed by atoms with van der Waals surface area (Å²) < 4.78 is 5.57. The Bertz CT molecular complexity index is 199. The van der Waals surface area contributed by atoms with Crippen LogP contribution in [0.4, 0.5) is 0 Å². The molecule has 0 saturated heterocycles. The predicted molar refractivity (Wildman–Crippen MR) is 72.9 cm³/mol. The van der Waals surface area contributed by atoms with Crippen LogP contribution in [0.25, 0.3) is 0 Å². The summed E-state index contributed by atoms with van der Waals surface area (Å²) in [6, 6.07) is 0. The summed E-state index contributed by atoms with van der Waals surface area (Å²) >= 11 is 0. The maximum atomic E-state index is 11.6. The van der Waals surface area contributed by atoms with Gasteiger partial charge in [0.1, 0.15) is 6.10 Å². The van der Waals surface area contributed by atoms with Crippen molar-refractivity contribution in [1.82, 2.24) is 0 Å². The van der Waals surface area contributed by atoms with Crippen LogP contribution in [0.2, 0.25) is 0 Å². The monoisotopic (exact) mass is 242 g/mol. The zero-order valence-electron chi connectivity index (χ0n) is 12.3. The van der Waals surface area contributed by atoms with Crippen molar-refractivity contribution < 1.29 is 9.53 Å². The summed E-state index contributed by atoms with van der Waals surface area (Å²) in [4.78, 5) is 11.6. The first kappa shape index (κ1) is 16.5. The van der Waals surface area contributed by atoms with Crippen molar-refractivity contribution in [2.24, 2.45) is 11.8 Å². The number of carbonyl (C=O) groups is 1. The van der Waals surface area contributed by atoms with Gasteiger partial charge in [0.05, 0.1) is 0 Å². The molecular weight excluding hydrogens is 212 g/mol. The van der Waals surface area contributed by atoms with E-state index in [1.165, 1.54) is 6.42 Å². The van der Waals surface area contributed by atoms with E-state index in [1.807, 2.05) is 0 Å². The minimum Gasteiger partial charge on any atom is -0.462 e. The third-order valence-electron chi connectivity index (χ3n) is 3.40. The summed E-state index contributed by atoms with van der Waals surface area (Å²) in [6.45, 7) is 10.8. The van der Waals surface area contributed by atoms with Crippen LogP contribution >= 0.6 is 0 Å². The van der Waals surface area contributed by atoms with Gasteiger partial charge in [0.2, 0.25) is 0 Å². The Morgan fingerprint density at radius 2 is 1.76 bits per heavy atom. The molecule has 0 aliphatic carbocycles. The summed E-state index contributed by atoms with van der Waals surface area (Å²) in [7, 11) is 0. The second-order valence-electron chi connectivity index (χ2n) is 5.47. The SMILES string of the molecule is CCCCC(=O)OC(CCC(C)CC)C(C)C. The van der Waals surface area contributed by atoms with Gasteiger partial charge in [-0.25, -0.2) is 0 Å². The summed E-state index contributed by atoms with van der Waals surface area (Å²) in [5.74, 6) is 1.13. The maximum absolute atomic E-state index is 11.6. The van der Waals surface area contributed by atoms with Crippen molar-refractivity contribution in [3.63, 3.8) is 0 Å². The zero-order chi connectivity index (χ0) is 13.3. The van der Waals surface area contributed by atoms with Gasteiger partial charge < -0.3 is 4.74 Å². The third kappa shape index (κ3) is 8.23. The van der Waals surface area contributed by atoms with Crippen LogP contribution in [-0.4, -0.2) is 12.1 Å². The Hall–Kier alpha value is -0.530. The highest BCUT2D eigenvalue weighted by molar-refractivity contribution is 5.69. The molecule has 2 atom stereocenters. The van der Waals surface area contributed by atoms with Crippen molar-refractivity contribution in [2.45, 2.75) is 79.2 Å². The van der Waals surface area contributed by atoms with Gasteiger partial charge in [-0.3, -0.25) is 4.79 Å². The van der Waals surface area contributed by atoms with E-state index >= 15 is 0 Å². The van der Waals surface area contributed by atoms with E-state index in [0.717, 1.165) is 31.6 Å².